The van der Waals surface area contributed by atoms with E-state index >= 15 is 0 Å². The molecule has 0 unspecified atom stereocenters. The largest absolute Gasteiger partial charge is 0.252 e. The van der Waals surface area contributed by atoms with Gasteiger partial charge < -0.3 is 0 Å². The Morgan fingerprint density at radius 3 is 1.89 bits per heavy atom. The molecular formula is C55H47N. The quantitative estimate of drug-likeness (QED) is 0.0985. The van der Waals surface area contributed by atoms with Crippen LogP contribution in [0, 0.1) is 0 Å². The molecule has 7 aromatic carbocycles. The Hall–Kier alpha value is -6.57. The van der Waals surface area contributed by atoms with Crippen LogP contribution in [0.1, 0.15) is 60.1 Å². The van der Waals surface area contributed by atoms with Gasteiger partial charge in [-0.05, 0) is 134 Å². The molecule has 1 aliphatic carbocycles. The van der Waals surface area contributed by atoms with Crippen molar-refractivity contribution in [3.05, 3.63) is 223 Å². The van der Waals surface area contributed by atoms with E-state index in [2.05, 4.69) is 178 Å². The maximum Gasteiger partial charge on any atom is 0.0717 e. The van der Waals surface area contributed by atoms with E-state index in [0.29, 0.717) is 0 Å². The summed E-state index contributed by atoms with van der Waals surface area (Å²) in [6.45, 7) is 12.7. The van der Waals surface area contributed by atoms with Gasteiger partial charge in [-0.1, -0.05) is 177 Å². The molecule has 0 atom stereocenters. The lowest BCUT2D eigenvalue weighted by Gasteiger charge is -2.26. The van der Waals surface area contributed by atoms with Gasteiger partial charge in [0, 0.05) is 11.3 Å². The Bertz CT molecular complexity index is 2710. The minimum absolute atomic E-state index is 0.883. The first-order chi connectivity index (χ1) is 27.5. The van der Waals surface area contributed by atoms with Crippen LogP contribution in [0.15, 0.2) is 194 Å². The minimum atomic E-state index is 0.883. The molecule has 0 saturated carbocycles. The second-order valence-electron chi connectivity index (χ2n) is 14.6. The van der Waals surface area contributed by atoms with Gasteiger partial charge in [0.25, 0.3) is 0 Å². The number of nitrogens with zero attached hydrogens (tertiary/aromatic N) is 1. The van der Waals surface area contributed by atoms with Crippen molar-refractivity contribution in [1.29, 1.82) is 0 Å². The van der Waals surface area contributed by atoms with Crippen molar-refractivity contribution in [2.45, 2.75) is 39.5 Å². The van der Waals surface area contributed by atoms with Gasteiger partial charge in [0.15, 0.2) is 0 Å². The minimum Gasteiger partial charge on any atom is -0.252 e. The summed E-state index contributed by atoms with van der Waals surface area (Å²) in [5.74, 6) is 0. The van der Waals surface area contributed by atoms with Crippen LogP contribution in [0.4, 0.5) is 0 Å². The summed E-state index contributed by atoms with van der Waals surface area (Å²) in [7, 11) is 0. The summed E-state index contributed by atoms with van der Waals surface area (Å²) >= 11 is 0. The summed E-state index contributed by atoms with van der Waals surface area (Å²) in [5.41, 5.74) is 16.5. The number of fused-ring (bicyclic) bond motifs is 3. The standard InChI is InChI=1S/C55H47N/c1-5-7-19-40(6-2)42-34-32-41(33-35-42)38(3)36-53(48-31-18-23-43-20-11-12-26-47(43)48)56-39(4)45-24-17-25-46(37-45)55-51-29-15-13-27-49(51)54(44-21-9-8-10-22-44)50-28-14-16-30-52(50)55/h5-13,15,17-27,29,31-37H,2-3,14,16,28,30H2,1,4H3/b7-5-,40-19+,53-36-,56-39+. The van der Waals surface area contributed by atoms with Crippen LogP contribution < -0.4 is 0 Å². The number of rotatable bonds is 10. The Morgan fingerprint density at radius 1 is 0.607 bits per heavy atom. The molecule has 8 rings (SSSR count). The van der Waals surface area contributed by atoms with Crippen LogP contribution >= 0.6 is 0 Å². The molecule has 1 nitrogen and oxygen atoms in total. The van der Waals surface area contributed by atoms with E-state index < -0.39 is 0 Å². The molecule has 7 aromatic rings. The van der Waals surface area contributed by atoms with Gasteiger partial charge in [-0.15, -0.1) is 0 Å². The molecular weight excluding hydrogens is 675 g/mol. The second-order valence-corrected chi connectivity index (χ2v) is 14.6. The van der Waals surface area contributed by atoms with Gasteiger partial charge in [-0.25, -0.2) is 0 Å². The van der Waals surface area contributed by atoms with Gasteiger partial charge in [0.2, 0.25) is 0 Å². The van der Waals surface area contributed by atoms with Crippen molar-refractivity contribution < 1.29 is 0 Å². The van der Waals surface area contributed by atoms with E-state index in [4.69, 9.17) is 4.99 Å². The monoisotopic (exact) mass is 721 g/mol. The second kappa shape index (κ2) is 16.4. The number of benzene rings is 7. The molecule has 1 aliphatic rings. The predicted octanol–water partition coefficient (Wildman–Crippen LogP) is 14.9. The topological polar surface area (TPSA) is 12.4 Å². The maximum absolute atomic E-state index is 5.45. The Labute approximate surface area is 332 Å². The average Bonchev–Trinajstić information content (AvgIpc) is 3.25. The highest BCUT2D eigenvalue weighted by Crippen LogP contribution is 2.45. The Morgan fingerprint density at radius 2 is 1.20 bits per heavy atom. The smallest absolute Gasteiger partial charge is 0.0717 e. The summed E-state index contributed by atoms with van der Waals surface area (Å²) in [5, 5.41) is 4.99. The van der Waals surface area contributed by atoms with Crippen LogP contribution in [-0.2, 0) is 12.8 Å². The molecule has 0 radical (unpaired) electrons. The summed E-state index contributed by atoms with van der Waals surface area (Å²) in [4.78, 5) is 5.45. The number of allylic oxidation sites excluding steroid dienone is 7. The lowest BCUT2D eigenvalue weighted by molar-refractivity contribution is 0.689. The molecule has 272 valence electrons. The molecule has 0 bridgehead atoms. The molecule has 0 saturated heterocycles. The van der Waals surface area contributed by atoms with Crippen LogP contribution in [0.5, 0.6) is 0 Å². The van der Waals surface area contributed by atoms with Crippen LogP contribution in [-0.4, -0.2) is 5.71 Å². The zero-order valence-corrected chi connectivity index (χ0v) is 32.4. The zero-order chi connectivity index (χ0) is 38.4. The zero-order valence-electron chi connectivity index (χ0n) is 32.4. The van der Waals surface area contributed by atoms with Crippen LogP contribution in [0.25, 0.3) is 60.6 Å². The van der Waals surface area contributed by atoms with Crippen molar-refractivity contribution in [2.75, 3.05) is 0 Å². The first-order valence-electron chi connectivity index (χ1n) is 19.8. The molecule has 0 spiro atoms. The fourth-order valence-corrected chi connectivity index (χ4v) is 8.34. The van der Waals surface area contributed by atoms with E-state index in [9.17, 15) is 0 Å². The molecule has 0 N–H and O–H groups in total. The molecule has 0 heterocycles. The van der Waals surface area contributed by atoms with Gasteiger partial charge in [0.05, 0.1) is 5.70 Å². The van der Waals surface area contributed by atoms with Crippen molar-refractivity contribution in [3.63, 3.8) is 0 Å². The predicted molar refractivity (Wildman–Crippen MR) is 244 cm³/mol. The number of hydrogen-bond acceptors (Lipinski definition) is 1. The molecule has 56 heavy (non-hydrogen) atoms. The summed E-state index contributed by atoms with van der Waals surface area (Å²) in [6.07, 6.45) is 14.8. The Kier molecular flexibility index (Phi) is 10.7. The maximum atomic E-state index is 5.45. The fraction of sp³-hybridized carbons (Fsp3) is 0.109. The third kappa shape index (κ3) is 7.29. The van der Waals surface area contributed by atoms with Gasteiger partial charge in [-0.3, -0.25) is 4.99 Å². The third-order valence-corrected chi connectivity index (χ3v) is 11.1. The van der Waals surface area contributed by atoms with E-state index in [0.717, 1.165) is 63.0 Å². The Balaban J connectivity index is 1.24. The van der Waals surface area contributed by atoms with Crippen molar-refractivity contribution >= 4 is 44.1 Å². The van der Waals surface area contributed by atoms with E-state index in [1.54, 1.807) is 0 Å². The number of hydrogen-bond donors (Lipinski definition) is 0. The van der Waals surface area contributed by atoms with Crippen LogP contribution in [0.3, 0.4) is 0 Å². The lowest BCUT2D eigenvalue weighted by atomic mass is 9.78. The fourth-order valence-electron chi connectivity index (χ4n) is 8.34. The molecule has 0 aromatic heterocycles. The van der Waals surface area contributed by atoms with Gasteiger partial charge >= 0.3 is 0 Å². The molecule has 0 amide bonds. The SMILES string of the molecule is C=C/C(=C\C=C/C)c1ccc(C(=C)/C=C(\N=C(/C)c2cccc(-c3c4c(c(-c5ccccc5)c5ccccc35)CCCC4)c2)c2cccc3ccccc23)cc1. The third-order valence-electron chi connectivity index (χ3n) is 11.1. The highest BCUT2D eigenvalue weighted by Gasteiger charge is 2.23. The van der Waals surface area contributed by atoms with Gasteiger partial charge in [0.1, 0.15) is 0 Å². The molecule has 0 fully saturated rings. The molecule has 0 aliphatic heterocycles. The van der Waals surface area contributed by atoms with Crippen molar-refractivity contribution in [1.82, 2.24) is 0 Å². The van der Waals surface area contributed by atoms with Crippen molar-refractivity contribution in [2.24, 2.45) is 4.99 Å². The van der Waals surface area contributed by atoms with Crippen molar-refractivity contribution in [3.8, 4) is 22.3 Å². The van der Waals surface area contributed by atoms with E-state index in [1.165, 1.54) is 62.4 Å². The van der Waals surface area contributed by atoms with E-state index in [-0.39, 0.29) is 0 Å². The highest BCUT2D eigenvalue weighted by atomic mass is 14.8. The average molecular weight is 722 g/mol. The highest BCUT2D eigenvalue weighted by molar-refractivity contribution is 6.10. The normalized spacial score (nSPS) is 13.6. The first kappa shape index (κ1) is 36.4. The van der Waals surface area contributed by atoms with Crippen LogP contribution in [0.2, 0.25) is 0 Å². The molecule has 1 heteroatoms. The first-order valence-corrected chi connectivity index (χ1v) is 19.8. The van der Waals surface area contributed by atoms with Gasteiger partial charge in [-0.2, -0.15) is 0 Å². The van der Waals surface area contributed by atoms with E-state index in [1.807, 2.05) is 25.2 Å². The summed E-state index contributed by atoms with van der Waals surface area (Å²) < 4.78 is 0. The summed E-state index contributed by atoms with van der Waals surface area (Å²) in [6, 6.07) is 52.5. The lowest BCUT2D eigenvalue weighted by Crippen LogP contribution is -2.08. The number of aliphatic imine (C=N–C) groups is 1.